The molecular weight excluding hydrogens is 399 g/mol. The Balaban J connectivity index is 1.98. The summed E-state index contributed by atoms with van der Waals surface area (Å²) in [6.07, 6.45) is 0.580. The third-order valence-electron chi connectivity index (χ3n) is 3.64. The second-order valence-electron chi connectivity index (χ2n) is 7.05. The van der Waals surface area contributed by atoms with Crippen LogP contribution in [0.3, 0.4) is 0 Å². The van der Waals surface area contributed by atoms with E-state index in [2.05, 4.69) is 20.4 Å². The van der Waals surface area contributed by atoms with Crippen LogP contribution in [0.15, 0.2) is 29.8 Å². The van der Waals surface area contributed by atoms with Crippen molar-refractivity contribution in [1.82, 2.24) is 10.3 Å². The molecular formula is C19H23FN4O4S. The number of hydrogen-bond donors (Lipinski definition) is 3. The quantitative estimate of drug-likeness (QED) is 0.629. The lowest BCUT2D eigenvalue weighted by Crippen LogP contribution is -2.31. The third kappa shape index (κ3) is 6.83. The molecule has 8 nitrogen and oxygen atoms in total. The van der Waals surface area contributed by atoms with Crippen LogP contribution in [0.4, 0.5) is 20.0 Å². The predicted octanol–water partition coefficient (Wildman–Crippen LogP) is 3.58. The molecule has 3 amide bonds. The van der Waals surface area contributed by atoms with Gasteiger partial charge in [-0.1, -0.05) is 20.8 Å². The van der Waals surface area contributed by atoms with Gasteiger partial charge in [-0.2, -0.15) is 0 Å². The van der Waals surface area contributed by atoms with Crippen LogP contribution >= 0.6 is 11.3 Å². The van der Waals surface area contributed by atoms with Crippen molar-refractivity contribution in [2.45, 2.75) is 27.3 Å². The number of aromatic nitrogens is 1. The Kier molecular flexibility index (Phi) is 7.66. The highest BCUT2D eigenvalue weighted by atomic mass is 32.1. The molecule has 156 valence electrons. The van der Waals surface area contributed by atoms with E-state index >= 15 is 0 Å². The first-order valence-corrected chi connectivity index (χ1v) is 9.70. The Morgan fingerprint density at radius 3 is 2.69 bits per heavy atom. The Morgan fingerprint density at radius 1 is 1.24 bits per heavy atom. The van der Waals surface area contributed by atoms with Crippen LogP contribution in [-0.2, 0) is 16.1 Å². The molecule has 0 bridgehead atoms. The lowest BCUT2D eigenvalue weighted by atomic mass is 9.96. The summed E-state index contributed by atoms with van der Waals surface area (Å²) in [5, 5.41) is 10.2. The number of rotatable bonds is 7. The standard InChI is InChI=1S/C19H23FN4O4S/c1-19(2,3)17(26)23-14-10-12(4-7-21-14)11-22-16-13(5-9-29-16)15(25)24-18(27)28-8-6-20/h4-5,7,9-10,22H,6,8,11H2,1-3H3,(H,21,23,26)(H,24,25,27). The third-order valence-corrected chi connectivity index (χ3v) is 4.51. The van der Waals surface area contributed by atoms with Crippen LogP contribution in [0.5, 0.6) is 0 Å². The van der Waals surface area contributed by atoms with Gasteiger partial charge in [-0.15, -0.1) is 11.3 Å². The van der Waals surface area contributed by atoms with Gasteiger partial charge in [-0.3, -0.25) is 14.9 Å². The molecule has 0 radical (unpaired) electrons. The second kappa shape index (κ2) is 9.97. The summed E-state index contributed by atoms with van der Waals surface area (Å²) >= 11 is 1.29. The number of thiophene rings is 1. The zero-order valence-electron chi connectivity index (χ0n) is 16.4. The first kappa shape index (κ1) is 22.3. The van der Waals surface area contributed by atoms with Gasteiger partial charge < -0.3 is 15.4 Å². The number of alkyl halides is 1. The highest BCUT2D eigenvalue weighted by molar-refractivity contribution is 7.14. The largest absolute Gasteiger partial charge is 0.446 e. The van der Waals surface area contributed by atoms with Crippen molar-refractivity contribution in [3.8, 4) is 0 Å². The van der Waals surface area contributed by atoms with Crippen LogP contribution in [-0.4, -0.2) is 36.2 Å². The molecule has 10 heteroatoms. The zero-order chi connectivity index (χ0) is 21.4. The molecule has 0 aromatic carbocycles. The molecule has 0 unspecified atom stereocenters. The Bertz CT molecular complexity index is 879. The fraction of sp³-hybridized carbons (Fsp3) is 0.368. The van der Waals surface area contributed by atoms with Gasteiger partial charge in [0.2, 0.25) is 5.91 Å². The molecule has 3 N–H and O–H groups in total. The molecule has 0 aliphatic heterocycles. The molecule has 29 heavy (non-hydrogen) atoms. The molecule has 0 saturated heterocycles. The van der Waals surface area contributed by atoms with E-state index in [0.717, 1.165) is 5.56 Å². The minimum atomic E-state index is -1.00. The van der Waals surface area contributed by atoms with Gasteiger partial charge in [-0.25, -0.2) is 14.2 Å². The lowest BCUT2D eigenvalue weighted by molar-refractivity contribution is -0.123. The number of pyridine rings is 1. The molecule has 2 rings (SSSR count). The average molecular weight is 422 g/mol. The summed E-state index contributed by atoms with van der Waals surface area (Å²) in [6, 6.07) is 5.08. The smallest absolute Gasteiger partial charge is 0.414 e. The molecule has 0 aliphatic carbocycles. The molecule has 0 fully saturated rings. The molecule has 0 saturated carbocycles. The van der Waals surface area contributed by atoms with E-state index in [1.54, 1.807) is 29.8 Å². The summed E-state index contributed by atoms with van der Waals surface area (Å²) in [4.78, 5) is 39.8. The summed E-state index contributed by atoms with van der Waals surface area (Å²) < 4.78 is 16.5. The number of anilines is 2. The second-order valence-corrected chi connectivity index (χ2v) is 7.97. The number of hydrogen-bond acceptors (Lipinski definition) is 7. The molecule has 2 heterocycles. The number of halogens is 1. The number of carbonyl (C=O) groups is 3. The first-order chi connectivity index (χ1) is 13.7. The minimum absolute atomic E-state index is 0.146. The molecule has 0 aliphatic rings. The van der Waals surface area contributed by atoms with E-state index in [-0.39, 0.29) is 11.5 Å². The van der Waals surface area contributed by atoms with E-state index in [4.69, 9.17) is 0 Å². The highest BCUT2D eigenvalue weighted by Crippen LogP contribution is 2.24. The van der Waals surface area contributed by atoms with Crippen molar-refractivity contribution in [2.24, 2.45) is 5.41 Å². The molecule has 2 aromatic rings. The fourth-order valence-electron chi connectivity index (χ4n) is 2.09. The van der Waals surface area contributed by atoms with Crippen molar-refractivity contribution in [3.05, 3.63) is 40.9 Å². The summed E-state index contributed by atoms with van der Waals surface area (Å²) in [7, 11) is 0. The van der Waals surface area contributed by atoms with Gasteiger partial charge in [0.1, 0.15) is 24.1 Å². The van der Waals surface area contributed by atoms with Crippen LogP contribution in [0.1, 0.15) is 36.7 Å². The fourth-order valence-corrected chi connectivity index (χ4v) is 2.87. The minimum Gasteiger partial charge on any atom is -0.446 e. The maximum absolute atomic E-state index is 12.2. The maximum atomic E-state index is 12.2. The average Bonchev–Trinajstić information content (AvgIpc) is 3.13. The van der Waals surface area contributed by atoms with Crippen molar-refractivity contribution in [2.75, 3.05) is 23.9 Å². The van der Waals surface area contributed by atoms with Gasteiger partial charge in [0.05, 0.1) is 5.56 Å². The van der Waals surface area contributed by atoms with Gasteiger partial charge in [0.15, 0.2) is 0 Å². The Hall–Kier alpha value is -3.01. The lowest BCUT2D eigenvalue weighted by Gasteiger charge is -2.17. The molecule has 2 aromatic heterocycles. The van der Waals surface area contributed by atoms with E-state index in [1.165, 1.54) is 11.3 Å². The van der Waals surface area contributed by atoms with Crippen LogP contribution < -0.4 is 16.0 Å². The van der Waals surface area contributed by atoms with E-state index in [0.29, 0.717) is 17.4 Å². The Labute approximate surface area is 171 Å². The van der Waals surface area contributed by atoms with Crippen LogP contribution in [0.25, 0.3) is 0 Å². The van der Waals surface area contributed by atoms with E-state index < -0.39 is 30.7 Å². The number of ether oxygens (including phenoxy) is 1. The normalized spacial score (nSPS) is 10.9. The topological polar surface area (TPSA) is 109 Å². The number of nitrogens with zero attached hydrogens (tertiary/aromatic N) is 1. The number of alkyl carbamates (subject to hydrolysis) is 1. The molecule has 0 spiro atoms. The summed E-state index contributed by atoms with van der Waals surface area (Å²) in [5.74, 6) is -0.360. The van der Waals surface area contributed by atoms with Crippen LogP contribution in [0.2, 0.25) is 0 Å². The van der Waals surface area contributed by atoms with Gasteiger partial charge in [0.25, 0.3) is 5.91 Å². The molecule has 0 atom stereocenters. The van der Waals surface area contributed by atoms with E-state index in [1.807, 2.05) is 26.1 Å². The number of nitrogens with one attached hydrogen (secondary N) is 3. The SMILES string of the molecule is CC(C)(C)C(=O)Nc1cc(CNc2sccc2C(=O)NC(=O)OCCF)ccn1. The number of amides is 3. The van der Waals surface area contributed by atoms with E-state index in [9.17, 15) is 18.8 Å². The van der Waals surface area contributed by atoms with Crippen LogP contribution in [0, 0.1) is 5.41 Å². The van der Waals surface area contributed by atoms with Crippen molar-refractivity contribution >= 4 is 40.1 Å². The summed E-state index contributed by atoms with van der Waals surface area (Å²) in [6.45, 7) is 4.56. The predicted molar refractivity (Wildman–Crippen MR) is 109 cm³/mol. The number of carbonyl (C=O) groups excluding carboxylic acids is 3. The maximum Gasteiger partial charge on any atom is 0.414 e. The summed E-state index contributed by atoms with van der Waals surface area (Å²) in [5.41, 5.74) is 0.564. The van der Waals surface area contributed by atoms with Gasteiger partial charge >= 0.3 is 6.09 Å². The first-order valence-electron chi connectivity index (χ1n) is 8.82. The van der Waals surface area contributed by atoms with Crippen molar-refractivity contribution in [3.63, 3.8) is 0 Å². The zero-order valence-corrected chi connectivity index (χ0v) is 17.2. The van der Waals surface area contributed by atoms with Crippen molar-refractivity contribution in [1.29, 1.82) is 0 Å². The number of imide groups is 1. The Morgan fingerprint density at radius 2 is 2.00 bits per heavy atom. The van der Waals surface area contributed by atoms with Crippen molar-refractivity contribution < 1.29 is 23.5 Å². The monoisotopic (exact) mass is 422 g/mol. The van der Waals surface area contributed by atoms with Gasteiger partial charge in [-0.05, 0) is 29.1 Å². The van der Waals surface area contributed by atoms with Gasteiger partial charge in [0, 0.05) is 18.2 Å². The highest BCUT2D eigenvalue weighted by Gasteiger charge is 2.21.